The third-order valence-electron chi connectivity index (χ3n) is 4.43. The van der Waals surface area contributed by atoms with Gasteiger partial charge in [-0.25, -0.2) is 4.39 Å². The van der Waals surface area contributed by atoms with Crippen molar-refractivity contribution in [3.8, 4) is 0 Å². The lowest BCUT2D eigenvalue weighted by Gasteiger charge is -2.41. The first-order valence-corrected chi connectivity index (χ1v) is 7.93. The molecule has 0 aliphatic heterocycles. The summed E-state index contributed by atoms with van der Waals surface area (Å²) >= 11 is 5.83. The third-order valence-corrected chi connectivity index (χ3v) is 4.72. The molecule has 0 saturated heterocycles. The van der Waals surface area contributed by atoms with Crippen molar-refractivity contribution in [2.45, 2.75) is 59.0 Å². The Bertz CT molecular complexity index is 453. The highest BCUT2D eigenvalue weighted by Gasteiger charge is 2.33. The van der Waals surface area contributed by atoms with E-state index in [0.717, 1.165) is 12.1 Å². The van der Waals surface area contributed by atoms with Crippen LogP contribution in [0.4, 0.5) is 4.39 Å². The van der Waals surface area contributed by atoms with Crippen LogP contribution in [0.5, 0.6) is 0 Å². The summed E-state index contributed by atoms with van der Waals surface area (Å²) < 4.78 is 13.2. The molecule has 0 heterocycles. The largest absolute Gasteiger partial charge is 0.310 e. The highest BCUT2D eigenvalue weighted by Crippen LogP contribution is 2.38. The Morgan fingerprint density at radius 1 is 1.25 bits per heavy atom. The molecular weight excluding hydrogens is 273 g/mol. The molecule has 2 unspecified atom stereocenters. The molecule has 1 aliphatic carbocycles. The zero-order valence-electron chi connectivity index (χ0n) is 12.7. The topological polar surface area (TPSA) is 12.0 Å². The predicted molar refractivity (Wildman–Crippen MR) is 83.5 cm³/mol. The van der Waals surface area contributed by atoms with Crippen LogP contribution < -0.4 is 5.32 Å². The van der Waals surface area contributed by atoms with Crippen LogP contribution in [0.25, 0.3) is 0 Å². The molecule has 20 heavy (non-hydrogen) atoms. The molecule has 1 aliphatic rings. The summed E-state index contributed by atoms with van der Waals surface area (Å²) in [6.45, 7) is 7.74. The van der Waals surface area contributed by atoms with Crippen molar-refractivity contribution in [2.24, 2.45) is 11.3 Å². The molecule has 0 amide bonds. The monoisotopic (exact) mass is 297 g/mol. The second-order valence-corrected chi connectivity index (χ2v) is 7.40. The van der Waals surface area contributed by atoms with E-state index in [-0.39, 0.29) is 10.8 Å². The van der Waals surface area contributed by atoms with Crippen LogP contribution in [-0.2, 0) is 6.54 Å². The Kier molecular flexibility index (Phi) is 5.09. The van der Waals surface area contributed by atoms with Crippen LogP contribution in [0.2, 0.25) is 5.02 Å². The van der Waals surface area contributed by atoms with E-state index in [1.165, 1.54) is 31.7 Å². The molecule has 1 N–H and O–H groups in total. The van der Waals surface area contributed by atoms with E-state index in [9.17, 15) is 4.39 Å². The molecular formula is C17H25ClFN. The number of hydrogen-bond acceptors (Lipinski definition) is 1. The maximum absolute atomic E-state index is 13.2. The molecule has 0 spiro atoms. The molecule has 1 saturated carbocycles. The van der Waals surface area contributed by atoms with Gasteiger partial charge >= 0.3 is 0 Å². The molecule has 112 valence electrons. The quantitative estimate of drug-likeness (QED) is 0.811. The Morgan fingerprint density at radius 3 is 2.60 bits per heavy atom. The zero-order valence-corrected chi connectivity index (χ0v) is 13.4. The van der Waals surface area contributed by atoms with Crippen molar-refractivity contribution in [1.29, 1.82) is 0 Å². The third kappa shape index (κ3) is 3.95. The fourth-order valence-corrected chi connectivity index (χ4v) is 3.51. The van der Waals surface area contributed by atoms with Gasteiger partial charge in [0.25, 0.3) is 0 Å². The molecule has 2 rings (SSSR count). The fourth-order valence-electron chi connectivity index (χ4n) is 3.31. The van der Waals surface area contributed by atoms with Gasteiger partial charge in [0.05, 0.1) is 5.02 Å². The Labute approximate surface area is 126 Å². The van der Waals surface area contributed by atoms with Crippen LogP contribution >= 0.6 is 11.6 Å². The molecule has 1 fully saturated rings. The number of benzene rings is 1. The van der Waals surface area contributed by atoms with Crippen LogP contribution in [0.1, 0.15) is 52.0 Å². The first kappa shape index (κ1) is 15.8. The van der Waals surface area contributed by atoms with Crippen molar-refractivity contribution in [3.63, 3.8) is 0 Å². The van der Waals surface area contributed by atoms with Gasteiger partial charge in [-0.15, -0.1) is 0 Å². The van der Waals surface area contributed by atoms with Gasteiger partial charge in [0.1, 0.15) is 5.82 Å². The summed E-state index contributed by atoms with van der Waals surface area (Å²) in [5, 5.41) is 3.87. The SMILES string of the molecule is CC(C)(C)C1CCCCC1NCc1ccc(F)c(Cl)c1. The molecule has 3 heteroatoms. The zero-order chi connectivity index (χ0) is 14.8. The summed E-state index contributed by atoms with van der Waals surface area (Å²) in [5.41, 5.74) is 1.38. The van der Waals surface area contributed by atoms with Crippen molar-refractivity contribution in [2.75, 3.05) is 0 Å². The van der Waals surface area contributed by atoms with Crippen molar-refractivity contribution >= 4 is 11.6 Å². The minimum Gasteiger partial charge on any atom is -0.310 e. The van der Waals surface area contributed by atoms with E-state index in [0.29, 0.717) is 17.4 Å². The van der Waals surface area contributed by atoms with Crippen LogP contribution in [0.15, 0.2) is 18.2 Å². The van der Waals surface area contributed by atoms with Crippen molar-refractivity contribution in [1.82, 2.24) is 5.32 Å². The van der Waals surface area contributed by atoms with Gasteiger partial charge in [-0.2, -0.15) is 0 Å². The number of rotatable bonds is 3. The fraction of sp³-hybridized carbons (Fsp3) is 0.647. The normalized spacial score (nSPS) is 23.9. The van der Waals surface area contributed by atoms with Gasteiger partial charge in [0.15, 0.2) is 0 Å². The molecule has 0 aromatic heterocycles. The lowest BCUT2D eigenvalue weighted by molar-refractivity contribution is 0.130. The summed E-state index contributed by atoms with van der Waals surface area (Å²) in [6, 6.07) is 5.52. The van der Waals surface area contributed by atoms with Gasteiger partial charge in [-0.05, 0) is 41.9 Å². The number of nitrogens with one attached hydrogen (secondary N) is 1. The Morgan fingerprint density at radius 2 is 1.95 bits per heavy atom. The molecule has 1 aromatic rings. The van der Waals surface area contributed by atoms with Crippen molar-refractivity contribution < 1.29 is 4.39 Å². The van der Waals surface area contributed by atoms with Crippen LogP contribution in [-0.4, -0.2) is 6.04 Å². The van der Waals surface area contributed by atoms with Crippen LogP contribution in [0, 0.1) is 17.2 Å². The van der Waals surface area contributed by atoms with E-state index in [1.54, 1.807) is 6.07 Å². The van der Waals surface area contributed by atoms with Gasteiger partial charge in [-0.1, -0.05) is 51.3 Å². The van der Waals surface area contributed by atoms with Gasteiger partial charge in [0.2, 0.25) is 0 Å². The first-order valence-electron chi connectivity index (χ1n) is 7.55. The Balaban J connectivity index is 1.99. The second-order valence-electron chi connectivity index (χ2n) is 6.99. The van der Waals surface area contributed by atoms with E-state index in [4.69, 9.17) is 11.6 Å². The second kappa shape index (κ2) is 6.44. The molecule has 1 aromatic carbocycles. The average Bonchev–Trinajstić information content (AvgIpc) is 2.39. The van der Waals surface area contributed by atoms with Crippen molar-refractivity contribution in [3.05, 3.63) is 34.6 Å². The maximum atomic E-state index is 13.2. The van der Waals surface area contributed by atoms with E-state index >= 15 is 0 Å². The lowest BCUT2D eigenvalue weighted by Crippen LogP contribution is -2.43. The minimum absolute atomic E-state index is 0.209. The first-order chi connectivity index (χ1) is 9.38. The number of halogens is 2. The summed E-state index contributed by atoms with van der Waals surface area (Å²) in [7, 11) is 0. The molecule has 0 radical (unpaired) electrons. The predicted octanol–water partition coefficient (Wildman–Crippen LogP) is 5.17. The smallest absolute Gasteiger partial charge is 0.141 e. The standard InChI is InChI=1S/C17H25ClFN/c1-17(2,3)13-6-4-5-7-16(13)20-11-12-8-9-15(19)14(18)10-12/h8-10,13,16,20H,4-7,11H2,1-3H3. The van der Waals surface area contributed by atoms with Gasteiger partial charge in [-0.3, -0.25) is 0 Å². The minimum atomic E-state index is -0.347. The van der Waals surface area contributed by atoms with E-state index in [1.807, 2.05) is 6.07 Å². The van der Waals surface area contributed by atoms with Crippen LogP contribution in [0.3, 0.4) is 0 Å². The van der Waals surface area contributed by atoms with E-state index in [2.05, 4.69) is 26.1 Å². The summed E-state index contributed by atoms with van der Waals surface area (Å²) in [6.07, 6.45) is 5.17. The average molecular weight is 298 g/mol. The van der Waals surface area contributed by atoms with Gasteiger partial charge < -0.3 is 5.32 Å². The summed E-state index contributed by atoms with van der Waals surface area (Å²) in [5.74, 6) is 0.354. The van der Waals surface area contributed by atoms with Gasteiger partial charge in [0, 0.05) is 12.6 Å². The maximum Gasteiger partial charge on any atom is 0.141 e. The van der Waals surface area contributed by atoms with E-state index < -0.39 is 0 Å². The number of hydrogen-bond donors (Lipinski definition) is 1. The lowest BCUT2D eigenvalue weighted by atomic mass is 9.69. The highest BCUT2D eigenvalue weighted by atomic mass is 35.5. The molecule has 2 atom stereocenters. The molecule has 0 bridgehead atoms. The summed E-state index contributed by atoms with van der Waals surface area (Å²) in [4.78, 5) is 0. The molecule has 1 nitrogen and oxygen atoms in total. The highest BCUT2D eigenvalue weighted by molar-refractivity contribution is 6.30. The Hall–Kier alpha value is -0.600.